The van der Waals surface area contributed by atoms with Gasteiger partial charge in [-0.25, -0.2) is 9.20 Å². The first-order valence-corrected chi connectivity index (χ1v) is 8.80. The number of anilines is 1. The minimum atomic E-state index is -1.61. The zero-order valence-electron chi connectivity index (χ0n) is 13.9. The topological polar surface area (TPSA) is 116 Å². The van der Waals surface area contributed by atoms with Crippen LogP contribution in [0, 0.1) is 11.8 Å². The number of fused-ring (bicyclic) bond motifs is 1. The fourth-order valence-electron chi connectivity index (χ4n) is 2.56. The smallest absolute Gasteiger partial charge is 0.270 e. The summed E-state index contributed by atoms with van der Waals surface area (Å²) in [5.41, 5.74) is 2.02. The molecular weight excluding hydrogens is 330 g/mol. The maximum Gasteiger partial charge on any atom is 0.270 e. The Bertz CT molecular complexity index is 878. The molecule has 9 nitrogen and oxygen atoms in total. The van der Waals surface area contributed by atoms with Crippen molar-refractivity contribution in [2.45, 2.75) is 27.7 Å². The van der Waals surface area contributed by atoms with Crippen molar-refractivity contribution in [3.8, 4) is 0 Å². The predicted molar refractivity (Wildman–Crippen MR) is 92.9 cm³/mol. The van der Waals surface area contributed by atoms with Crippen LogP contribution in [-0.2, 0) is 14.8 Å². The minimum absolute atomic E-state index is 0.0455. The monoisotopic (exact) mass is 349 g/mol. The number of allylic oxidation sites excluding steroid dienone is 1. The molecule has 0 radical (unpaired) electrons. The van der Waals surface area contributed by atoms with Gasteiger partial charge in [0.2, 0.25) is 5.11 Å². The highest BCUT2D eigenvalue weighted by Crippen LogP contribution is 2.23. The van der Waals surface area contributed by atoms with Gasteiger partial charge < -0.3 is 4.90 Å². The van der Waals surface area contributed by atoms with Crippen molar-refractivity contribution in [1.29, 1.82) is 0 Å². The van der Waals surface area contributed by atoms with Crippen LogP contribution in [-0.4, -0.2) is 57.9 Å². The molecule has 3 heterocycles. The van der Waals surface area contributed by atoms with Gasteiger partial charge in [-0.2, -0.15) is 5.21 Å². The van der Waals surface area contributed by atoms with Crippen molar-refractivity contribution < 1.29 is 9.00 Å². The van der Waals surface area contributed by atoms with Crippen LogP contribution in [0.1, 0.15) is 27.7 Å². The molecule has 0 saturated carbocycles. The van der Waals surface area contributed by atoms with Crippen LogP contribution in [0.2, 0.25) is 0 Å². The number of carbonyl (C=O) groups excluding carboxylic acids is 1. The highest BCUT2D eigenvalue weighted by atomic mass is 32.1. The lowest BCUT2D eigenvalue weighted by atomic mass is 9.91. The number of hydrogen-bond acceptors (Lipinski definition) is 7. The van der Waals surface area contributed by atoms with Gasteiger partial charge in [-0.15, -0.1) is 5.10 Å². The van der Waals surface area contributed by atoms with Gasteiger partial charge in [-0.3, -0.25) is 10.1 Å². The van der Waals surface area contributed by atoms with E-state index in [1.807, 2.05) is 6.20 Å². The van der Waals surface area contributed by atoms with Crippen LogP contribution < -0.4 is 5.32 Å². The van der Waals surface area contributed by atoms with Crippen molar-refractivity contribution in [2.24, 2.45) is 16.8 Å². The molecule has 0 saturated heterocycles. The van der Waals surface area contributed by atoms with Gasteiger partial charge in [-0.1, -0.05) is 32.8 Å². The molecule has 2 N–H and O–H groups in total. The second-order valence-corrected chi connectivity index (χ2v) is 7.58. The van der Waals surface area contributed by atoms with Crippen LogP contribution in [0.3, 0.4) is 0 Å². The van der Waals surface area contributed by atoms with Crippen LogP contribution in [0.25, 0.3) is 0 Å². The Balaban J connectivity index is 1.97. The van der Waals surface area contributed by atoms with Crippen molar-refractivity contribution in [3.05, 3.63) is 11.8 Å². The lowest BCUT2D eigenvalue weighted by Crippen LogP contribution is -2.35. The maximum absolute atomic E-state index is 12.7. The van der Waals surface area contributed by atoms with E-state index in [1.54, 1.807) is 4.90 Å². The molecule has 0 spiro atoms. The molecule has 128 valence electrons. The number of aromatic nitrogens is 4. The Kier molecular flexibility index (Phi) is 4.22. The number of nitrogens with one attached hydrogen (secondary N) is 2. The summed E-state index contributed by atoms with van der Waals surface area (Å²) in [6, 6.07) is 0. The maximum atomic E-state index is 12.7. The average molecular weight is 349 g/mol. The third kappa shape index (κ3) is 2.84. The molecule has 2 aliphatic rings. The van der Waals surface area contributed by atoms with E-state index in [2.05, 4.69) is 58.6 Å². The van der Waals surface area contributed by atoms with E-state index >= 15 is 0 Å². The number of tetrazole rings is 1. The van der Waals surface area contributed by atoms with E-state index in [0.717, 1.165) is 11.3 Å². The Morgan fingerprint density at radius 1 is 1.33 bits per heavy atom. The van der Waals surface area contributed by atoms with Crippen molar-refractivity contribution in [2.75, 3.05) is 11.9 Å². The van der Waals surface area contributed by atoms with Crippen LogP contribution in [0.5, 0.6) is 0 Å². The number of amides is 1. The Morgan fingerprint density at radius 3 is 2.67 bits per heavy atom. The number of aromatic amines is 1. The molecule has 0 atom stereocenters. The van der Waals surface area contributed by atoms with Gasteiger partial charge in [0.15, 0.2) is 0 Å². The van der Waals surface area contributed by atoms with Gasteiger partial charge in [0.25, 0.3) is 11.9 Å². The summed E-state index contributed by atoms with van der Waals surface area (Å²) in [6.07, 6.45) is 1.95. The van der Waals surface area contributed by atoms with E-state index in [0.29, 0.717) is 11.0 Å². The van der Waals surface area contributed by atoms with Crippen molar-refractivity contribution >= 4 is 37.5 Å². The molecule has 0 aliphatic carbocycles. The first kappa shape index (κ1) is 16.4. The molecule has 0 aromatic carbocycles. The highest BCUT2D eigenvalue weighted by molar-refractivity contribution is 7.87. The van der Waals surface area contributed by atoms with E-state index in [1.165, 1.54) is 0 Å². The quantitative estimate of drug-likeness (QED) is 0.746. The minimum Gasteiger partial charge on any atom is -0.317 e. The summed E-state index contributed by atoms with van der Waals surface area (Å²) >= 11 is 0. The third-order valence-electron chi connectivity index (χ3n) is 3.75. The molecular formula is C14H19N7O2S. The highest BCUT2D eigenvalue weighted by Gasteiger charge is 2.31. The molecule has 1 aromatic rings. The molecule has 0 unspecified atom stereocenters. The first-order chi connectivity index (χ1) is 11.4. The Labute approximate surface area is 140 Å². The molecule has 10 heteroatoms. The lowest BCUT2D eigenvalue weighted by Gasteiger charge is -2.27. The number of rotatable bonds is 4. The molecule has 0 fully saturated rings. The number of aliphatic imine (C=N–C) groups is 1. The number of nitrogens with zero attached hydrogens (tertiary/aromatic N) is 5. The van der Waals surface area contributed by atoms with Crippen molar-refractivity contribution in [1.82, 2.24) is 25.5 Å². The fourth-order valence-corrected chi connectivity index (χ4v) is 3.76. The Morgan fingerprint density at radius 2 is 2.08 bits per heavy atom. The van der Waals surface area contributed by atoms with Crippen molar-refractivity contribution in [3.63, 3.8) is 0 Å². The second-order valence-electron chi connectivity index (χ2n) is 6.18. The third-order valence-corrected chi connectivity index (χ3v) is 5.17. The lowest BCUT2D eigenvalue weighted by molar-refractivity contribution is -0.110. The normalized spacial score (nSPS) is 17.4. The molecule has 1 aromatic heterocycles. The summed E-state index contributed by atoms with van der Waals surface area (Å²) in [7, 11) is -1.61. The number of H-pyrrole nitrogens is 1. The SMILES string of the molecule is CC(C)C1=CN2CC(C(=O)Nc3nn[nH]n3)=S(=O)=C2N=C1C(C)C. The van der Waals surface area contributed by atoms with E-state index in [9.17, 15) is 9.00 Å². The van der Waals surface area contributed by atoms with Gasteiger partial charge in [0.05, 0.1) is 22.2 Å². The predicted octanol–water partition coefficient (Wildman–Crippen LogP) is 0.113. The van der Waals surface area contributed by atoms with Gasteiger partial charge >= 0.3 is 0 Å². The molecule has 2 aliphatic heterocycles. The van der Waals surface area contributed by atoms with Crippen LogP contribution in [0.4, 0.5) is 5.95 Å². The molecule has 24 heavy (non-hydrogen) atoms. The Hall–Kier alpha value is -2.49. The second kappa shape index (κ2) is 6.19. The zero-order valence-corrected chi connectivity index (χ0v) is 14.7. The standard InChI is InChI=1S/C14H19N7O2S/c1-7(2)9-5-21-6-10(12(22)16-13-17-19-20-18-13)24(23)14(21)15-11(9)8(3)4/h5,7-8H,6H2,1-4H3,(H2,16,17,18,19,20,22). The van der Waals surface area contributed by atoms with E-state index < -0.39 is 15.9 Å². The largest absolute Gasteiger partial charge is 0.317 e. The van der Waals surface area contributed by atoms with E-state index in [-0.39, 0.29) is 23.3 Å². The average Bonchev–Trinajstić information content (AvgIpc) is 3.14. The summed E-state index contributed by atoms with van der Waals surface area (Å²) in [5.74, 6) is 0.0578. The first-order valence-electron chi connectivity index (χ1n) is 7.65. The summed E-state index contributed by atoms with van der Waals surface area (Å²) in [6.45, 7) is 8.52. The van der Waals surface area contributed by atoms with Gasteiger partial charge in [-0.05, 0) is 22.6 Å². The number of carbonyl (C=O) groups is 1. The zero-order chi connectivity index (χ0) is 17.4. The van der Waals surface area contributed by atoms with Crippen LogP contribution in [0.15, 0.2) is 16.8 Å². The summed E-state index contributed by atoms with van der Waals surface area (Å²) < 4.78 is 12.7. The summed E-state index contributed by atoms with van der Waals surface area (Å²) in [5, 5.41) is 15.8. The molecule has 1 amide bonds. The molecule has 3 rings (SSSR count). The van der Waals surface area contributed by atoms with Gasteiger partial charge in [0, 0.05) is 6.20 Å². The number of hydrogen-bond donors (Lipinski definition) is 2. The van der Waals surface area contributed by atoms with Crippen LogP contribution >= 0.6 is 0 Å². The molecule has 0 bridgehead atoms. The van der Waals surface area contributed by atoms with E-state index in [4.69, 9.17) is 0 Å². The summed E-state index contributed by atoms with van der Waals surface area (Å²) in [4.78, 5) is 18.9. The fraction of sp³-hybridized carbons (Fsp3) is 0.500. The van der Waals surface area contributed by atoms with Gasteiger partial charge in [0.1, 0.15) is 4.86 Å².